The second-order valence-electron chi connectivity index (χ2n) is 18.8. The van der Waals surface area contributed by atoms with Crippen molar-refractivity contribution in [2.24, 2.45) is 0 Å². The standard InChI is InChI=1S/C67H43N3/c1-4-18-44(19-5-1)45-32-34-48(35-33-45)68(46-20-6-2-7-21-46)49-36-39-62-55(42-49)53-26-13-17-31-61(53)70(62)50-37-40-63-56(43-50)66-64(69(63)47-22-8-3-9-23-47)41-38-60-65(66)54-27-12-16-30-59(54)67(60)57-28-14-10-24-51(57)52-25-11-15-29-58(52)67/h1-43H. The van der Waals surface area contributed by atoms with Crippen LogP contribution in [0.25, 0.3) is 88.4 Å². The van der Waals surface area contributed by atoms with E-state index in [0.29, 0.717) is 0 Å². The molecule has 0 fully saturated rings. The Morgan fingerprint density at radius 3 is 1.51 bits per heavy atom. The molecule has 2 aliphatic rings. The average Bonchev–Trinajstić information content (AvgIpc) is 4.15. The number of aromatic nitrogens is 2. The van der Waals surface area contributed by atoms with Crippen LogP contribution in [0.4, 0.5) is 17.1 Å². The fraction of sp³-hybridized carbons (Fsp3) is 0.0149. The molecule has 0 bridgehead atoms. The van der Waals surface area contributed by atoms with Crippen molar-refractivity contribution in [3.63, 3.8) is 0 Å². The fourth-order valence-electron chi connectivity index (χ4n) is 12.5. The first-order valence-corrected chi connectivity index (χ1v) is 24.3. The van der Waals surface area contributed by atoms with Gasteiger partial charge in [0.25, 0.3) is 0 Å². The monoisotopic (exact) mass is 889 g/mol. The lowest BCUT2D eigenvalue weighted by atomic mass is 9.70. The Kier molecular flexibility index (Phi) is 8.28. The Balaban J connectivity index is 0.970. The maximum atomic E-state index is 2.48. The zero-order valence-corrected chi connectivity index (χ0v) is 38.2. The molecule has 0 atom stereocenters. The van der Waals surface area contributed by atoms with Crippen molar-refractivity contribution in [1.82, 2.24) is 9.13 Å². The smallest absolute Gasteiger partial charge is 0.0725 e. The van der Waals surface area contributed by atoms with Gasteiger partial charge in [-0.05, 0) is 141 Å². The predicted molar refractivity (Wildman–Crippen MR) is 292 cm³/mol. The number of hydrogen-bond acceptors (Lipinski definition) is 1. The molecule has 0 radical (unpaired) electrons. The van der Waals surface area contributed by atoms with Crippen LogP contribution in [0.3, 0.4) is 0 Å². The first-order chi connectivity index (χ1) is 34.8. The maximum Gasteiger partial charge on any atom is 0.0725 e. The topological polar surface area (TPSA) is 13.1 Å². The van der Waals surface area contributed by atoms with Gasteiger partial charge in [0, 0.05) is 50.0 Å². The van der Waals surface area contributed by atoms with Gasteiger partial charge in [0.15, 0.2) is 0 Å². The van der Waals surface area contributed by atoms with Gasteiger partial charge in [0.1, 0.15) is 0 Å². The second kappa shape index (κ2) is 14.9. The third-order valence-corrected chi connectivity index (χ3v) is 15.3. The van der Waals surface area contributed by atoms with Crippen molar-refractivity contribution in [1.29, 1.82) is 0 Å². The van der Waals surface area contributed by atoms with E-state index in [9.17, 15) is 0 Å². The molecule has 0 aliphatic heterocycles. The maximum absolute atomic E-state index is 2.48. The van der Waals surface area contributed by atoms with Gasteiger partial charge in [0.2, 0.25) is 0 Å². The normalized spacial score (nSPS) is 13.0. The molecule has 15 rings (SSSR count). The number of benzene rings is 11. The molecule has 1 spiro atoms. The molecule has 0 unspecified atom stereocenters. The van der Waals surface area contributed by atoms with Gasteiger partial charge in [-0.15, -0.1) is 0 Å². The predicted octanol–water partition coefficient (Wildman–Crippen LogP) is 17.4. The van der Waals surface area contributed by atoms with E-state index in [2.05, 4.69) is 275 Å². The molecule has 11 aromatic carbocycles. The molecule has 0 saturated carbocycles. The molecule has 3 heteroatoms. The Bertz CT molecular complexity index is 4170. The molecule has 2 heterocycles. The Hall–Kier alpha value is -9.18. The quantitative estimate of drug-likeness (QED) is 0.162. The van der Waals surface area contributed by atoms with E-state index in [-0.39, 0.29) is 0 Å². The number of nitrogens with zero attached hydrogens (tertiary/aromatic N) is 3. The van der Waals surface area contributed by atoms with Gasteiger partial charge in [0.05, 0.1) is 27.5 Å². The minimum absolute atomic E-state index is 0.436. The molecular formula is C67H43N3. The van der Waals surface area contributed by atoms with E-state index >= 15 is 0 Å². The molecule has 2 aliphatic carbocycles. The van der Waals surface area contributed by atoms with Gasteiger partial charge in [-0.3, -0.25) is 0 Å². The van der Waals surface area contributed by atoms with Crippen LogP contribution in [-0.4, -0.2) is 9.13 Å². The van der Waals surface area contributed by atoms with Crippen molar-refractivity contribution >= 4 is 60.7 Å². The Morgan fingerprint density at radius 1 is 0.286 bits per heavy atom. The van der Waals surface area contributed by atoms with Crippen molar-refractivity contribution in [3.05, 3.63) is 283 Å². The summed E-state index contributed by atoms with van der Waals surface area (Å²) in [6.45, 7) is 0. The lowest BCUT2D eigenvalue weighted by Gasteiger charge is -2.30. The van der Waals surface area contributed by atoms with Crippen LogP contribution in [0.2, 0.25) is 0 Å². The minimum Gasteiger partial charge on any atom is -0.310 e. The number of fused-ring (bicyclic) bond motifs is 17. The molecule has 3 nitrogen and oxygen atoms in total. The highest BCUT2D eigenvalue weighted by atomic mass is 15.1. The van der Waals surface area contributed by atoms with Crippen LogP contribution >= 0.6 is 0 Å². The molecular weight excluding hydrogens is 847 g/mol. The van der Waals surface area contributed by atoms with Gasteiger partial charge in [-0.1, -0.05) is 176 Å². The Morgan fingerprint density at radius 2 is 0.786 bits per heavy atom. The lowest BCUT2D eigenvalue weighted by Crippen LogP contribution is -2.25. The molecule has 13 aromatic rings. The molecule has 326 valence electrons. The summed E-state index contributed by atoms with van der Waals surface area (Å²) in [6.07, 6.45) is 0. The number of hydrogen-bond donors (Lipinski definition) is 0. The largest absolute Gasteiger partial charge is 0.310 e. The summed E-state index contributed by atoms with van der Waals surface area (Å²) < 4.78 is 4.95. The summed E-state index contributed by atoms with van der Waals surface area (Å²) in [5.41, 5.74) is 23.0. The molecule has 0 saturated heterocycles. The third kappa shape index (κ3) is 5.34. The van der Waals surface area contributed by atoms with Crippen LogP contribution in [0.1, 0.15) is 22.3 Å². The first-order valence-electron chi connectivity index (χ1n) is 24.3. The third-order valence-electron chi connectivity index (χ3n) is 15.3. The van der Waals surface area contributed by atoms with Crippen molar-refractivity contribution < 1.29 is 0 Å². The Labute approximate surface area is 406 Å². The lowest BCUT2D eigenvalue weighted by molar-refractivity contribution is 0.794. The van der Waals surface area contributed by atoms with Crippen LogP contribution in [0.15, 0.2) is 261 Å². The highest BCUT2D eigenvalue weighted by molar-refractivity contribution is 6.20. The summed E-state index contributed by atoms with van der Waals surface area (Å²) in [4.78, 5) is 2.37. The van der Waals surface area contributed by atoms with E-state index in [1.165, 1.54) is 93.7 Å². The summed E-state index contributed by atoms with van der Waals surface area (Å²) >= 11 is 0. The van der Waals surface area contributed by atoms with Crippen LogP contribution in [-0.2, 0) is 5.41 Å². The van der Waals surface area contributed by atoms with Crippen LogP contribution in [0, 0.1) is 0 Å². The van der Waals surface area contributed by atoms with Gasteiger partial charge >= 0.3 is 0 Å². The zero-order valence-electron chi connectivity index (χ0n) is 38.2. The molecule has 0 N–H and O–H groups in total. The van der Waals surface area contributed by atoms with Crippen LogP contribution in [0.5, 0.6) is 0 Å². The zero-order chi connectivity index (χ0) is 45.9. The molecule has 2 aromatic heterocycles. The minimum atomic E-state index is -0.436. The summed E-state index contributed by atoms with van der Waals surface area (Å²) in [6, 6.07) is 96.4. The molecule has 0 amide bonds. The van der Waals surface area contributed by atoms with Gasteiger partial charge in [-0.25, -0.2) is 0 Å². The van der Waals surface area contributed by atoms with Crippen LogP contribution < -0.4 is 4.90 Å². The van der Waals surface area contributed by atoms with Gasteiger partial charge < -0.3 is 14.0 Å². The summed E-state index contributed by atoms with van der Waals surface area (Å²) in [5, 5.41) is 4.94. The van der Waals surface area contributed by atoms with Crippen molar-refractivity contribution in [2.75, 3.05) is 4.90 Å². The fourth-order valence-corrected chi connectivity index (χ4v) is 12.5. The van der Waals surface area contributed by atoms with Crippen molar-refractivity contribution in [3.8, 4) is 44.8 Å². The molecule has 70 heavy (non-hydrogen) atoms. The number of para-hydroxylation sites is 3. The number of rotatable bonds is 6. The van der Waals surface area contributed by atoms with Gasteiger partial charge in [-0.2, -0.15) is 0 Å². The van der Waals surface area contributed by atoms with E-state index in [1.54, 1.807) is 0 Å². The summed E-state index contributed by atoms with van der Waals surface area (Å²) in [5.74, 6) is 0. The first kappa shape index (κ1) is 38.9. The highest BCUT2D eigenvalue weighted by Crippen LogP contribution is 2.64. The van der Waals surface area contributed by atoms with E-state index in [1.807, 2.05) is 0 Å². The highest BCUT2D eigenvalue weighted by Gasteiger charge is 2.52. The van der Waals surface area contributed by atoms with E-state index in [4.69, 9.17) is 0 Å². The number of anilines is 3. The van der Waals surface area contributed by atoms with E-state index < -0.39 is 5.41 Å². The SMILES string of the molecule is c1ccc(-c2ccc(N(c3ccccc3)c3ccc4c(c3)c3ccccc3n4-c3ccc4c(c3)c3c5c(ccc3n4-c3ccccc3)C3(c4ccccc4-c4ccccc43)c3ccccc3-5)cc2)cc1. The average molecular weight is 890 g/mol. The summed E-state index contributed by atoms with van der Waals surface area (Å²) in [7, 11) is 0. The second-order valence-corrected chi connectivity index (χ2v) is 18.8. The van der Waals surface area contributed by atoms with Crippen molar-refractivity contribution in [2.45, 2.75) is 5.41 Å². The van der Waals surface area contributed by atoms with E-state index in [0.717, 1.165) is 34.0 Å².